The number of halogens is 1. The van der Waals surface area contributed by atoms with Gasteiger partial charge in [-0.15, -0.1) is 0 Å². The van der Waals surface area contributed by atoms with Gasteiger partial charge in [-0.05, 0) is 17.7 Å². The predicted octanol–water partition coefficient (Wildman–Crippen LogP) is 4.02. The van der Waals surface area contributed by atoms with Crippen LogP contribution in [0.15, 0.2) is 53.0 Å². The Morgan fingerprint density at radius 2 is 1.75 bits per heavy atom. The Bertz CT molecular complexity index is 526. The molecule has 0 radical (unpaired) electrons. The average molecular weight is 278 g/mol. The van der Waals surface area contributed by atoms with Crippen LogP contribution in [0.2, 0.25) is 0 Å². The summed E-state index contributed by atoms with van der Waals surface area (Å²) in [6.45, 7) is 0. The van der Waals surface area contributed by atoms with E-state index in [1.807, 2.05) is 30.3 Å². The number of nitrogens with zero attached hydrogens (tertiary/aromatic N) is 1. The Hall–Kier alpha value is -1.68. The third kappa shape index (κ3) is 2.12. The molecule has 0 amide bonds. The molecule has 0 atom stereocenters. The lowest BCUT2D eigenvalue weighted by atomic mass is 10.0. The molecule has 0 aromatic heterocycles. The van der Waals surface area contributed by atoms with Crippen molar-refractivity contribution in [2.24, 2.45) is 0 Å². The van der Waals surface area contributed by atoms with Gasteiger partial charge in [-0.25, -0.2) is 0 Å². The Balaban J connectivity index is 2.63. The summed E-state index contributed by atoms with van der Waals surface area (Å²) in [5.41, 5.74) is 1.59. The highest BCUT2D eigenvalue weighted by Gasteiger charge is 2.14. The maximum atomic E-state index is 10.9. The van der Waals surface area contributed by atoms with E-state index in [1.54, 1.807) is 12.1 Å². The summed E-state index contributed by atoms with van der Waals surface area (Å²) in [5, 5.41) is 10.9. The molecule has 0 heterocycles. The van der Waals surface area contributed by atoms with E-state index >= 15 is 0 Å². The normalized spacial score (nSPS) is 10.1. The van der Waals surface area contributed by atoms with Gasteiger partial charge in [0.25, 0.3) is 5.69 Å². The molecule has 0 aliphatic carbocycles. The van der Waals surface area contributed by atoms with Crippen molar-refractivity contribution < 1.29 is 4.92 Å². The molecule has 4 heteroatoms. The number of hydrogen-bond donors (Lipinski definition) is 0. The Morgan fingerprint density at radius 1 is 1.06 bits per heavy atom. The zero-order valence-corrected chi connectivity index (χ0v) is 9.85. The molecule has 0 bridgehead atoms. The third-order valence-corrected chi connectivity index (χ3v) is 2.73. The summed E-state index contributed by atoms with van der Waals surface area (Å²) in [4.78, 5) is 10.5. The van der Waals surface area contributed by atoms with Crippen LogP contribution in [-0.4, -0.2) is 4.92 Å². The van der Waals surface area contributed by atoms with Gasteiger partial charge in [0.05, 0.1) is 10.5 Å². The zero-order valence-electron chi connectivity index (χ0n) is 8.26. The molecule has 2 aromatic rings. The quantitative estimate of drug-likeness (QED) is 0.615. The van der Waals surface area contributed by atoms with Crippen molar-refractivity contribution in [2.45, 2.75) is 0 Å². The minimum atomic E-state index is -0.366. The fraction of sp³-hybridized carbons (Fsp3) is 0. The van der Waals surface area contributed by atoms with Gasteiger partial charge in [-0.1, -0.05) is 46.3 Å². The molecule has 0 spiro atoms. The second-order valence-corrected chi connectivity index (χ2v) is 4.20. The highest BCUT2D eigenvalue weighted by molar-refractivity contribution is 9.10. The van der Waals surface area contributed by atoms with Crippen LogP contribution in [0.5, 0.6) is 0 Å². The van der Waals surface area contributed by atoms with Crippen molar-refractivity contribution in [2.75, 3.05) is 0 Å². The van der Waals surface area contributed by atoms with Crippen LogP contribution in [0.25, 0.3) is 11.1 Å². The van der Waals surface area contributed by atoms with Gasteiger partial charge in [-0.2, -0.15) is 0 Å². The van der Waals surface area contributed by atoms with Crippen molar-refractivity contribution in [1.82, 2.24) is 0 Å². The smallest absolute Gasteiger partial charge is 0.258 e. The van der Waals surface area contributed by atoms with E-state index in [0.29, 0.717) is 5.56 Å². The summed E-state index contributed by atoms with van der Waals surface area (Å²) in [6, 6.07) is 14.3. The van der Waals surface area contributed by atoms with Gasteiger partial charge in [-0.3, -0.25) is 10.1 Å². The molecule has 2 aromatic carbocycles. The topological polar surface area (TPSA) is 43.1 Å². The van der Waals surface area contributed by atoms with Gasteiger partial charge in [0.2, 0.25) is 0 Å². The van der Waals surface area contributed by atoms with Crippen LogP contribution in [-0.2, 0) is 0 Å². The van der Waals surface area contributed by atoms with Crippen molar-refractivity contribution in [3.63, 3.8) is 0 Å². The molecule has 0 saturated carbocycles. The van der Waals surface area contributed by atoms with E-state index in [2.05, 4.69) is 15.9 Å². The van der Waals surface area contributed by atoms with Crippen LogP contribution >= 0.6 is 15.9 Å². The minimum Gasteiger partial charge on any atom is -0.258 e. The molecule has 3 nitrogen and oxygen atoms in total. The van der Waals surface area contributed by atoms with Crippen LogP contribution in [0.4, 0.5) is 5.69 Å². The van der Waals surface area contributed by atoms with Crippen LogP contribution in [0.1, 0.15) is 0 Å². The predicted molar refractivity (Wildman–Crippen MR) is 66.2 cm³/mol. The molecule has 2 rings (SSSR count). The maximum Gasteiger partial charge on any atom is 0.277 e. The number of hydrogen-bond acceptors (Lipinski definition) is 2. The Labute approximate surface area is 101 Å². The van der Waals surface area contributed by atoms with Gasteiger partial charge in [0.1, 0.15) is 0 Å². The molecule has 0 N–H and O–H groups in total. The molecule has 0 fully saturated rings. The Morgan fingerprint density at radius 3 is 2.38 bits per heavy atom. The third-order valence-electron chi connectivity index (χ3n) is 2.24. The van der Waals surface area contributed by atoms with Crippen LogP contribution in [0, 0.1) is 10.1 Å². The van der Waals surface area contributed by atoms with Crippen molar-refractivity contribution >= 4 is 21.6 Å². The maximum absolute atomic E-state index is 10.9. The molecule has 0 saturated heterocycles. The second kappa shape index (κ2) is 4.45. The van der Waals surface area contributed by atoms with Crippen LogP contribution in [0.3, 0.4) is 0 Å². The highest BCUT2D eigenvalue weighted by atomic mass is 79.9. The summed E-state index contributed by atoms with van der Waals surface area (Å²) in [5.74, 6) is 0. The monoisotopic (exact) mass is 277 g/mol. The molecular weight excluding hydrogens is 270 g/mol. The fourth-order valence-electron chi connectivity index (χ4n) is 1.52. The van der Waals surface area contributed by atoms with E-state index in [4.69, 9.17) is 0 Å². The van der Waals surface area contributed by atoms with Gasteiger partial charge in [0.15, 0.2) is 0 Å². The standard InChI is InChI=1S/C12H8BrNO2/c13-10-6-7-12(14(15)16)11(8-10)9-4-2-1-3-5-9/h1-8H. The molecule has 0 unspecified atom stereocenters. The first-order valence-electron chi connectivity index (χ1n) is 4.68. The van der Waals surface area contributed by atoms with Crippen molar-refractivity contribution in [1.29, 1.82) is 0 Å². The lowest BCUT2D eigenvalue weighted by molar-refractivity contribution is -0.384. The number of nitro benzene ring substituents is 1. The van der Waals surface area contributed by atoms with Crippen molar-refractivity contribution in [3.8, 4) is 11.1 Å². The lowest BCUT2D eigenvalue weighted by Gasteiger charge is -2.03. The van der Waals surface area contributed by atoms with Gasteiger partial charge < -0.3 is 0 Å². The average Bonchev–Trinajstić information content (AvgIpc) is 2.29. The van der Waals surface area contributed by atoms with E-state index < -0.39 is 0 Å². The molecular formula is C12H8BrNO2. The fourth-order valence-corrected chi connectivity index (χ4v) is 1.88. The lowest BCUT2D eigenvalue weighted by Crippen LogP contribution is -1.91. The molecule has 80 valence electrons. The number of benzene rings is 2. The van der Waals surface area contributed by atoms with E-state index in [0.717, 1.165) is 10.0 Å². The largest absolute Gasteiger partial charge is 0.277 e. The SMILES string of the molecule is O=[N+]([O-])c1ccc(Br)cc1-c1ccccc1. The number of rotatable bonds is 2. The second-order valence-electron chi connectivity index (χ2n) is 3.28. The van der Waals surface area contributed by atoms with Gasteiger partial charge in [0, 0.05) is 10.5 Å². The van der Waals surface area contributed by atoms with E-state index in [9.17, 15) is 10.1 Å². The summed E-state index contributed by atoms with van der Waals surface area (Å²) in [6.07, 6.45) is 0. The summed E-state index contributed by atoms with van der Waals surface area (Å²) >= 11 is 3.32. The molecule has 0 aliphatic heterocycles. The first-order chi connectivity index (χ1) is 7.68. The summed E-state index contributed by atoms with van der Waals surface area (Å²) < 4.78 is 0.831. The van der Waals surface area contributed by atoms with E-state index in [-0.39, 0.29) is 10.6 Å². The number of nitro groups is 1. The molecule has 0 aliphatic rings. The zero-order chi connectivity index (χ0) is 11.5. The Kier molecular flexibility index (Phi) is 3.01. The van der Waals surface area contributed by atoms with Crippen LogP contribution < -0.4 is 0 Å². The van der Waals surface area contributed by atoms with Gasteiger partial charge >= 0.3 is 0 Å². The van der Waals surface area contributed by atoms with E-state index in [1.165, 1.54) is 6.07 Å². The first-order valence-corrected chi connectivity index (χ1v) is 5.47. The first kappa shape index (κ1) is 10.8. The summed E-state index contributed by atoms with van der Waals surface area (Å²) in [7, 11) is 0. The minimum absolute atomic E-state index is 0.120. The highest BCUT2D eigenvalue weighted by Crippen LogP contribution is 2.32. The molecule has 16 heavy (non-hydrogen) atoms. The van der Waals surface area contributed by atoms with Crippen molar-refractivity contribution in [3.05, 3.63) is 63.1 Å².